The monoisotopic (exact) mass is 1280 g/mol. The summed E-state index contributed by atoms with van der Waals surface area (Å²) in [5.41, 5.74) is 22.4. The van der Waals surface area contributed by atoms with Crippen LogP contribution in [0, 0.1) is 29.6 Å². The van der Waals surface area contributed by atoms with Crippen LogP contribution in [0.2, 0.25) is 0 Å². The maximum Gasteiger partial charge on any atom is 0.326 e. The summed E-state index contributed by atoms with van der Waals surface area (Å²) in [5, 5.41) is 73.3. The Hall–Kier alpha value is -8.72. The molecule has 0 spiro atoms. The number of carboxylic acid groups (broad SMARTS) is 2. The van der Waals surface area contributed by atoms with E-state index in [0.717, 1.165) is 0 Å². The van der Waals surface area contributed by atoms with Gasteiger partial charge in [-0.3, -0.25) is 62.5 Å². The third-order valence-corrected chi connectivity index (χ3v) is 13.9. The normalized spacial score (nSPS) is 15.3. The first-order valence-corrected chi connectivity index (χ1v) is 29.5. The number of guanidine groups is 1. The molecule has 0 aliphatic carbocycles. The fourth-order valence-corrected chi connectivity index (χ4v) is 8.72. The lowest BCUT2D eigenvalue weighted by atomic mass is 9.95. The van der Waals surface area contributed by atoms with Crippen LogP contribution in [-0.4, -0.2) is 195 Å². The average Bonchev–Trinajstić information content (AvgIpc) is 1.07. The van der Waals surface area contributed by atoms with Gasteiger partial charge in [0.1, 0.15) is 66.2 Å². The first-order valence-electron chi connectivity index (χ1n) is 29.5. The van der Waals surface area contributed by atoms with E-state index in [1.807, 2.05) is 0 Å². The first-order chi connectivity index (χ1) is 42.0. The van der Waals surface area contributed by atoms with Crippen LogP contribution >= 0.6 is 0 Å². The Morgan fingerprint density at radius 2 is 0.844 bits per heavy atom. The summed E-state index contributed by atoms with van der Waals surface area (Å²) in [6.45, 7) is 14.3. The smallest absolute Gasteiger partial charge is 0.326 e. The van der Waals surface area contributed by atoms with E-state index in [4.69, 9.17) is 22.9 Å². The average molecular weight is 1280 g/mol. The van der Waals surface area contributed by atoms with Crippen LogP contribution in [0.5, 0.6) is 5.75 Å². The largest absolute Gasteiger partial charge is 0.508 e. The van der Waals surface area contributed by atoms with E-state index in [1.54, 1.807) is 55.4 Å². The van der Waals surface area contributed by atoms with E-state index in [0.29, 0.717) is 5.56 Å². The summed E-state index contributed by atoms with van der Waals surface area (Å²) >= 11 is 0. The zero-order chi connectivity index (χ0) is 68.9. The maximum atomic E-state index is 14.3. The van der Waals surface area contributed by atoms with Gasteiger partial charge in [-0.05, 0) is 73.0 Å². The van der Waals surface area contributed by atoms with Crippen LogP contribution in [-0.2, 0) is 68.7 Å². The number of carbonyl (C=O) groups is 13. The molecule has 0 radical (unpaired) electrons. The van der Waals surface area contributed by atoms with E-state index in [2.05, 4.69) is 58.2 Å². The summed E-state index contributed by atoms with van der Waals surface area (Å²) in [5.74, 6) is -17.3. The summed E-state index contributed by atoms with van der Waals surface area (Å²) in [4.78, 5) is 178. The Morgan fingerprint density at radius 1 is 0.478 bits per heavy atom. The Balaban J connectivity index is 3.38. The highest BCUT2D eigenvalue weighted by atomic mass is 16.4. The Kier molecular flexibility index (Phi) is 34.6. The third kappa shape index (κ3) is 28.6. The minimum Gasteiger partial charge on any atom is -0.508 e. The molecule has 0 aliphatic heterocycles. The molecule has 1 aromatic carbocycles. The van der Waals surface area contributed by atoms with E-state index in [1.165, 1.54) is 38.1 Å². The van der Waals surface area contributed by atoms with E-state index < -0.39 is 187 Å². The van der Waals surface area contributed by atoms with Crippen molar-refractivity contribution in [1.29, 1.82) is 0 Å². The zero-order valence-corrected chi connectivity index (χ0v) is 52.6. The van der Waals surface area contributed by atoms with Crippen molar-refractivity contribution in [2.75, 3.05) is 19.8 Å². The lowest BCUT2D eigenvalue weighted by molar-refractivity contribution is -0.142. The fraction of sp³-hybridized carbons (Fsp3) is 0.649. The molecule has 506 valence electrons. The van der Waals surface area contributed by atoms with Crippen molar-refractivity contribution >= 4 is 82.9 Å². The molecule has 1 rings (SSSR count). The van der Waals surface area contributed by atoms with Crippen molar-refractivity contribution in [3.8, 4) is 5.75 Å². The number of rotatable bonds is 41. The molecule has 0 bridgehead atoms. The number of amides is 11. The molecule has 1 aromatic rings. The summed E-state index contributed by atoms with van der Waals surface area (Å²) in [6, 6.07) is -11.5. The molecule has 90 heavy (non-hydrogen) atoms. The topological polar surface area (TPSA) is 560 Å². The van der Waals surface area contributed by atoms with Crippen molar-refractivity contribution in [1.82, 2.24) is 53.2 Å². The van der Waals surface area contributed by atoms with Crippen molar-refractivity contribution in [3.63, 3.8) is 0 Å². The standard InChI is InChI=1S/C57H95N15O18/c1-11-30(10)45(72-54(87)44(29(8)9)71-52(85)40(25-74)69-49(82)37(23-42(77)78)64-51(84)39(24-73)68-46(79)33(58)13-12-18-62-57(60)61)55(88)66-34(19-26(2)3)47(80)63-36(22-41(59)76)50(83)70-43(28(6)7)53(86)65-35(20-27(4)5)48(81)67-38(56(89)90)21-31-14-16-32(75)17-15-31/h14-17,26-30,33-40,43-45,73-75H,11-13,18-25,58H2,1-10H3,(H2,59,76)(H,63,80)(H,64,84)(H,65,86)(H,66,88)(H,67,81)(H,68,79)(H,69,82)(H,70,83)(H,71,85)(H,72,87)(H,77,78)(H,89,90)(H4,60,61,62)/t30-,33-,34-,35-,36-,37-,38-,39-,40-,43-,44-,45-/m0/s1. The van der Waals surface area contributed by atoms with Gasteiger partial charge in [0.2, 0.25) is 65.0 Å². The van der Waals surface area contributed by atoms with Crippen LogP contribution in [0.3, 0.4) is 0 Å². The number of aromatic hydroxyl groups is 1. The van der Waals surface area contributed by atoms with E-state index >= 15 is 0 Å². The number of benzene rings is 1. The number of phenolic OH excluding ortho intramolecular Hbond substituents is 1. The van der Waals surface area contributed by atoms with Crippen molar-refractivity contribution in [2.24, 2.45) is 57.5 Å². The third-order valence-electron chi connectivity index (χ3n) is 13.9. The highest BCUT2D eigenvalue weighted by Crippen LogP contribution is 2.16. The van der Waals surface area contributed by atoms with E-state index in [-0.39, 0.29) is 68.6 Å². The van der Waals surface area contributed by atoms with Gasteiger partial charge in [-0.2, -0.15) is 0 Å². The van der Waals surface area contributed by atoms with Gasteiger partial charge in [-0.15, -0.1) is 0 Å². The van der Waals surface area contributed by atoms with Gasteiger partial charge in [0.25, 0.3) is 0 Å². The number of carboxylic acids is 2. The predicted octanol–water partition coefficient (Wildman–Crippen LogP) is -4.97. The van der Waals surface area contributed by atoms with Crippen LogP contribution in [0.1, 0.15) is 120 Å². The molecule has 0 heterocycles. The quantitative estimate of drug-likeness (QED) is 0.0166. The minimum atomic E-state index is -1.97. The molecule has 33 nitrogen and oxygen atoms in total. The lowest BCUT2D eigenvalue weighted by Crippen LogP contribution is -2.63. The second-order valence-electron chi connectivity index (χ2n) is 23.4. The SMILES string of the molecule is CC[C@H](C)[C@H](NC(=O)[C@@H](NC(=O)[C@H](CO)NC(=O)[C@H](CC(=O)O)NC(=O)[C@H](CO)NC(=O)[C@@H](N)CCCN=C(N)N)C(C)C)C(=O)N[C@@H](CC(C)C)C(=O)N[C@@H](CC(N)=O)C(=O)N[C@H](C(=O)N[C@@H](CC(C)C)C(=O)N[C@@H](Cc1ccc(O)cc1)C(=O)O)C(C)C. The van der Waals surface area contributed by atoms with Gasteiger partial charge in [0.05, 0.1) is 32.1 Å². The van der Waals surface area contributed by atoms with Gasteiger partial charge in [-0.25, -0.2) is 4.79 Å². The second-order valence-corrected chi connectivity index (χ2v) is 23.4. The maximum absolute atomic E-state index is 14.3. The predicted molar refractivity (Wildman–Crippen MR) is 325 cm³/mol. The Bertz CT molecular complexity index is 2650. The number of aliphatic carboxylic acids is 2. The molecule has 12 atom stereocenters. The van der Waals surface area contributed by atoms with Crippen LogP contribution in [0.15, 0.2) is 29.3 Å². The number of nitrogens with one attached hydrogen (secondary N) is 10. The molecular weight excluding hydrogens is 1180 g/mol. The number of primary amides is 1. The van der Waals surface area contributed by atoms with Crippen molar-refractivity contribution in [3.05, 3.63) is 29.8 Å². The van der Waals surface area contributed by atoms with Gasteiger partial charge < -0.3 is 102 Å². The van der Waals surface area contributed by atoms with Crippen LogP contribution in [0.25, 0.3) is 0 Å². The fourth-order valence-electron chi connectivity index (χ4n) is 8.72. The molecule has 33 heteroatoms. The summed E-state index contributed by atoms with van der Waals surface area (Å²) in [6.07, 6.45) is -1.56. The molecular formula is C57H95N15O18. The zero-order valence-electron chi connectivity index (χ0n) is 52.6. The molecule has 0 aromatic heterocycles. The highest BCUT2D eigenvalue weighted by Gasteiger charge is 2.39. The molecule has 0 unspecified atom stereocenters. The number of hydrogen-bond acceptors (Lipinski definition) is 18. The van der Waals surface area contributed by atoms with Crippen LogP contribution < -0.4 is 76.1 Å². The molecule has 23 N–H and O–H groups in total. The molecule has 0 fully saturated rings. The van der Waals surface area contributed by atoms with Gasteiger partial charge in [-0.1, -0.05) is 87.8 Å². The lowest BCUT2D eigenvalue weighted by Gasteiger charge is -2.31. The number of aliphatic hydroxyl groups excluding tert-OH is 2. The number of phenols is 1. The Morgan fingerprint density at radius 3 is 1.26 bits per heavy atom. The molecule has 0 saturated carbocycles. The number of aliphatic imine (C=N–C) groups is 1. The van der Waals surface area contributed by atoms with Gasteiger partial charge in [0.15, 0.2) is 5.96 Å². The molecule has 0 saturated heterocycles. The van der Waals surface area contributed by atoms with Crippen molar-refractivity contribution in [2.45, 2.75) is 187 Å². The van der Waals surface area contributed by atoms with Crippen molar-refractivity contribution < 1.29 is 87.9 Å². The Labute approximate surface area is 522 Å². The minimum absolute atomic E-state index is 0.0303. The number of hydrogen-bond donors (Lipinski definition) is 19. The second kappa shape index (κ2) is 39.3. The summed E-state index contributed by atoms with van der Waals surface area (Å²) < 4.78 is 0. The number of nitrogens with zero attached hydrogens (tertiary/aromatic N) is 1. The first kappa shape index (κ1) is 79.3. The number of nitrogens with two attached hydrogens (primary N) is 4. The number of aliphatic hydroxyl groups is 2. The highest BCUT2D eigenvalue weighted by molar-refractivity contribution is 6.00. The van der Waals surface area contributed by atoms with Crippen LogP contribution in [0.4, 0.5) is 0 Å². The molecule has 0 aliphatic rings. The van der Waals surface area contributed by atoms with Gasteiger partial charge in [0, 0.05) is 13.0 Å². The molecule has 11 amide bonds. The van der Waals surface area contributed by atoms with Gasteiger partial charge >= 0.3 is 11.9 Å². The number of carbonyl (C=O) groups excluding carboxylic acids is 11. The summed E-state index contributed by atoms with van der Waals surface area (Å²) in [7, 11) is 0. The van der Waals surface area contributed by atoms with E-state index in [9.17, 15) is 87.9 Å².